The van der Waals surface area contributed by atoms with Crippen molar-refractivity contribution in [2.24, 2.45) is 0 Å². The summed E-state index contributed by atoms with van der Waals surface area (Å²) in [5.74, 6) is -2.61. The summed E-state index contributed by atoms with van der Waals surface area (Å²) in [6.45, 7) is 0. The van der Waals surface area contributed by atoms with Crippen LogP contribution in [0.5, 0.6) is 0 Å². The van der Waals surface area contributed by atoms with E-state index in [9.17, 15) is 13.2 Å². The molecule has 0 atom stereocenters. The Bertz CT molecular complexity index is 1360. The van der Waals surface area contributed by atoms with Crippen molar-refractivity contribution in [3.05, 3.63) is 84.4 Å². The van der Waals surface area contributed by atoms with Gasteiger partial charge in [-0.25, -0.2) is 17.9 Å². The normalized spacial score (nSPS) is 11.1. The number of hydrogen-bond donors (Lipinski definition) is 0. The number of pyridine rings is 1. The molecule has 7 nitrogen and oxygen atoms in total. The Hall–Kier alpha value is -4.34. The number of halogens is 3. The van der Waals surface area contributed by atoms with E-state index in [2.05, 4.69) is 25.4 Å². The van der Waals surface area contributed by atoms with Crippen molar-refractivity contribution >= 4 is 0 Å². The summed E-state index contributed by atoms with van der Waals surface area (Å²) in [5, 5.41) is 11.8. The van der Waals surface area contributed by atoms with Gasteiger partial charge in [0, 0.05) is 18.0 Å². The molecule has 0 radical (unpaired) electrons. The largest absolute Gasteiger partial charge is 0.332 e. The zero-order valence-electron chi connectivity index (χ0n) is 15.6. The Morgan fingerprint density at radius 3 is 2.26 bits per heavy atom. The lowest BCUT2D eigenvalue weighted by molar-refractivity contribution is 0.430. The van der Waals surface area contributed by atoms with Gasteiger partial charge in [0.2, 0.25) is 5.82 Å². The molecule has 5 aromatic rings. The predicted molar refractivity (Wildman–Crippen MR) is 103 cm³/mol. The molecule has 0 amide bonds. The van der Waals surface area contributed by atoms with Crippen molar-refractivity contribution in [3.8, 4) is 39.9 Å². The van der Waals surface area contributed by atoms with Gasteiger partial charge in [-0.15, -0.1) is 5.10 Å². The van der Waals surface area contributed by atoms with Crippen LogP contribution in [-0.2, 0) is 0 Å². The van der Waals surface area contributed by atoms with Crippen molar-refractivity contribution in [1.82, 2.24) is 30.1 Å². The summed E-state index contributed by atoms with van der Waals surface area (Å²) < 4.78 is 49.2. The molecule has 0 aliphatic rings. The van der Waals surface area contributed by atoms with Crippen molar-refractivity contribution in [3.63, 3.8) is 0 Å². The average Bonchev–Trinajstić information content (AvgIpc) is 3.42. The van der Waals surface area contributed by atoms with E-state index in [1.807, 2.05) is 0 Å². The Balaban J connectivity index is 1.70. The third kappa shape index (κ3) is 3.23. The van der Waals surface area contributed by atoms with Crippen LogP contribution < -0.4 is 0 Å². The second kappa shape index (κ2) is 7.48. The molecule has 10 heteroatoms. The molecule has 0 saturated heterocycles. The average molecular weight is 420 g/mol. The first kappa shape index (κ1) is 18.7. The fourth-order valence-corrected chi connectivity index (χ4v) is 3.12. The monoisotopic (exact) mass is 420 g/mol. The van der Waals surface area contributed by atoms with Crippen LogP contribution in [0.4, 0.5) is 13.2 Å². The van der Waals surface area contributed by atoms with E-state index in [0.29, 0.717) is 11.3 Å². The van der Waals surface area contributed by atoms with Crippen molar-refractivity contribution < 1.29 is 17.7 Å². The fourth-order valence-electron chi connectivity index (χ4n) is 3.12. The van der Waals surface area contributed by atoms with Crippen LogP contribution in [-0.4, -0.2) is 30.1 Å². The van der Waals surface area contributed by atoms with Gasteiger partial charge in [0.1, 0.15) is 28.8 Å². The van der Waals surface area contributed by atoms with Crippen LogP contribution in [0.2, 0.25) is 0 Å². The van der Waals surface area contributed by atoms with Gasteiger partial charge < -0.3 is 4.52 Å². The van der Waals surface area contributed by atoms with E-state index >= 15 is 0 Å². The van der Waals surface area contributed by atoms with E-state index in [4.69, 9.17) is 4.52 Å². The van der Waals surface area contributed by atoms with Crippen molar-refractivity contribution in [1.29, 1.82) is 0 Å². The van der Waals surface area contributed by atoms with E-state index in [1.165, 1.54) is 22.9 Å². The summed E-state index contributed by atoms with van der Waals surface area (Å²) in [7, 11) is 0. The Labute approximate surface area is 172 Å². The molecule has 3 heterocycles. The molecule has 0 N–H and O–H groups in total. The third-order valence-corrected chi connectivity index (χ3v) is 4.52. The van der Waals surface area contributed by atoms with E-state index in [-0.39, 0.29) is 23.1 Å². The molecule has 0 fully saturated rings. The molecular weight excluding hydrogens is 409 g/mol. The van der Waals surface area contributed by atoms with E-state index < -0.39 is 23.0 Å². The number of rotatable bonds is 4. The van der Waals surface area contributed by atoms with Gasteiger partial charge in [-0.2, -0.15) is 4.98 Å². The molecule has 0 aliphatic heterocycles. The SMILES string of the molecule is Fc1ccccc1-n1nnc(-c2nc(-c3c(F)cccc3F)no2)c1-c1ccncc1. The summed E-state index contributed by atoms with van der Waals surface area (Å²) in [6, 6.07) is 12.8. The molecule has 31 heavy (non-hydrogen) atoms. The number of aromatic nitrogens is 6. The second-order valence-electron chi connectivity index (χ2n) is 6.41. The number of para-hydroxylation sites is 1. The molecule has 0 aliphatic carbocycles. The van der Waals surface area contributed by atoms with Crippen molar-refractivity contribution in [2.45, 2.75) is 0 Å². The maximum Gasteiger partial charge on any atom is 0.281 e. The molecule has 152 valence electrons. The molecule has 0 saturated carbocycles. The lowest BCUT2D eigenvalue weighted by atomic mass is 10.1. The molecule has 0 spiro atoms. The van der Waals surface area contributed by atoms with Crippen LogP contribution in [0, 0.1) is 17.5 Å². The number of nitrogens with zero attached hydrogens (tertiary/aromatic N) is 6. The fraction of sp³-hybridized carbons (Fsp3) is 0. The standard InChI is InChI=1S/C21H11F3N6O/c22-13-4-1-2-7-16(13)30-19(12-8-10-25-11-9-12)18(27-29-30)21-26-20(28-31-21)17-14(23)5-3-6-15(17)24/h1-11H. The summed E-state index contributed by atoms with van der Waals surface area (Å²) in [6.07, 6.45) is 3.09. The van der Waals surface area contributed by atoms with Gasteiger partial charge in [-0.1, -0.05) is 28.6 Å². The number of benzene rings is 2. The molecule has 3 aromatic heterocycles. The highest BCUT2D eigenvalue weighted by molar-refractivity contribution is 5.76. The first-order valence-corrected chi connectivity index (χ1v) is 9.03. The van der Waals surface area contributed by atoms with Crippen molar-refractivity contribution in [2.75, 3.05) is 0 Å². The highest BCUT2D eigenvalue weighted by atomic mass is 19.1. The summed E-state index contributed by atoms with van der Waals surface area (Å²) >= 11 is 0. The maximum absolute atomic E-state index is 14.5. The minimum Gasteiger partial charge on any atom is -0.332 e. The zero-order chi connectivity index (χ0) is 21.4. The van der Waals surface area contributed by atoms with E-state index in [0.717, 1.165) is 12.1 Å². The highest BCUT2D eigenvalue weighted by Gasteiger charge is 2.25. The smallest absolute Gasteiger partial charge is 0.281 e. The minimum absolute atomic E-state index is 0.116. The predicted octanol–water partition coefficient (Wildman–Crippen LogP) is 4.46. The Kier molecular flexibility index (Phi) is 4.51. The number of hydrogen-bond acceptors (Lipinski definition) is 6. The lowest BCUT2D eigenvalue weighted by Crippen LogP contribution is -2.02. The van der Waals surface area contributed by atoms with Gasteiger partial charge in [0.15, 0.2) is 5.69 Å². The lowest BCUT2D eigenvalue weighted by Gasteiger charge is -2.08. The molecule has 5 rings (SSSR count). The van der Waals surface area contributed by atoms with Crippen LogP contribution in [0.1, 0.15) is 0 Å². The van der Waals surface area contributed by atoms with E-state index in [1.54, 1.807) is 36.7 Å². The zero-order valence-corrected chi connectivity index (χ0v) is 15.6. The highest BCUT2D eigenvalue weighted by Crippen LogP contribution is 2.33. The van der Waals surface area contributed by atoms with Crippen LogP contribution in [0.15, 0.2) is 71.5 Å². The van der Waals surface area contributed by atoms with Crippen LogP contribution >= 0.6 is 0 Å². The molecule has 2 aromatic carbocycles. The quantitative estimate of drug-likeness (QED) is 0.427. The van der Waals surface area contributed by atoms with Gasteiger partial charge in [-0.05, 0) is 36.4 Å². The maximum atomic E-state index is 14.5. The first-order valence-electron chi connectivity index (χ1n) is 9.03. The third-order valence-electron chi connectivity index (χ3n) is 4.52. The molecular formula is C21H11F3N6O. The summed E-state index contributed by atoms with van der Waals surface area (Å²) in [5.41, 5.74) is 0.772. The van der Waals surface area contributed by atoms with Gasteiger partial charge >= 0.3 is 0 Å². The van der Waals surface area contributed by atoms with Crippen LogP contribution in [0.25, 0.3) is 39.9 Å². The van der Waals surface area contributed by atoms with Gasteiger partial charge in [0.25, 0.3) is 5.89 Å². The topological polar surface area (TPSA) is 82.5 Å². The van der Waals surface area contributed by atoms with Crippen LogP contribution in [0.3, 0.4) is 0 Å². The first-order chi connectivity index (χ1) is 15.1. The van der Waals surface area contributed by atoms with Gasteiger partial charge in [-0.3, -0.25) is 4.98 Å². The molecule has 0 bridgehead atoms. The minimum atomic E-state index is -0.836. The molecule has 0 unspecified atom stereocenters. The second-order valence-corrected chi connectivity index (χ2v) is 6.41. The summed E-state index contributed by atoms with van der Waals surface area (Å²) in [4.78, 5) is 8.09. The van der Waals surface area contributed by atoms with Gasteiger partial charge in [0.05, 0.1) is 5.56 Å². The Morgan fingerprint density at radius 1 is 0.806 bits per heavy atom. The Morgan fingerprint density at radius 2 is 1.52 bits per heavy atom.